The molecule has 2 N–H and O–H groups in total. The Kier molecular flexibility index (Phi) is 5.28. The highest BCUT2D eigenvalue weighted by Gasteiger charge is 2.23. The second-order valence-corrected chi connectivity index (χ2v) is 9.56. The Morgan fingerprint density at radius 1 is 1.13 bits per heavy atom. The number of carbonyl (C=O) groups is 1. The Morgan fingerprint density at radius 2 is 1.90 bits per heavy atom. The summed E-state index contributed by atoms with van der Waals surface area (Å²) < 4.78 is 40.4. The lowest BCUT2D eigenvalue weighted by Crippen LogP contribution is -2.15. The Labute approximate surface area is 177 Å². The molecule has 0 aliphatic heterocycles. The van der Waals surface area contributed by atoms with Gasteiger partial charge >= 0.3 is 0 Å². The van der Waals surface area contributed by atoms with Crippen molar-refractivity contribution >= 4 is 38.0 Å². The monoisotopic (exact) mass is 441 g/mol. The zero-order valence-electron chi connectivity index (χ0n) is 15.6. The first kappa shape index (κ1) is 20.1. The van der Waals surface area contributed by atoms with Gasteiger partial charge in [0.1, 0.15) is 16.9 Å². The number of fused-ring (bicyclic) bond motifs is 1. The van der Waals surface area contributed by atoms with E-state index < -0.39 is 21.7 Å². The lowest BCUT2D eigenvalue weighted by molar-refractivity contribution is 0.102. The van der Waals surface area contributed by atoms with Gasteiger partial charge in [0.25, 0.3) is 15.9 Å². The van der Waals surface area contributed by atoms with Gasteiger partial charge in [-0.2, -0.15) is 5.26 Å². The number of hydrogen-bond donors (Lipinski definition) is 2. The molecule has 0 saturated carbocycles. The maximum atomic E-state index is 13.1. The SMILES string of the molecule is N#Cc1c(NC(=O)c2cccc(NS(=O)(=O)c3ccc(F)cc3)c2)sc2c1CCC2. The zero-order chi connectivity index (χ0) is 21.3. The molecular formula is C21H16FN3O3S2. The Hall–Kier alpha value is -3.22. The molecule has 0 spiro atoms. The fraction of sp³-hybridized carbons (Fsp3) is 0.143. The third kappa shape index (κ3) is 3.92. The van der Waals surface area contributed by atoms with Gasteiger partial charge < -0.3 is 5.32 Å². The topological polar surface area (TPSA) is 99.1 Å². The van der Waals surface area contributed by atoms with E-state index in [9.17, 15) is 22.9 Å². The minimum atomic E-state index is -3.93. The number of sulfonamides is 1. The summed E-state index contributed by atoms with van der Waals surface area (Å²) in [6.07, 6.45) is 2.76. The number of thiophene rings is 1. The molecule has 152 valence electrons. The molecule has 6 nitrogen and oxygen atoms in total. The van der Waals surface area contributed by atoms with Gasteiger partial charge in [0.2, 0.25) is 0 Å². The predicted octanol–water partition coefficient (Wildman–Crippen LogP) is 4.30. The van der Waals surface area contributed by atoms with Gasteiger partial charge in [-0.1, -0.05) is 6.07 Å². The molecule has 0 saturated heterocycles. The van der Waals surface area contributed by atoms with Crippen LogP contribution in [0.1, 0.15) is 32.8 Å². The van der Waals surface area contributed by atoms with E-state index in [2.05, 4.69) is 16.1 Å². The number of anilines is 2. The molecule has 0 bridgehead atoms. The van der Waals surface area contributed by atoms with E-state index in [1.165, 1.54) is 23.5 Å². The largest absolute Gasteiger partial charge is 0.312 e. The maximum Gasteiger partial charge on any atom is 0.261 e. The zero-order valence-corrected chi connectivity index (χ0v) is 17.2. The van der Waals surface area contributed by atoms with Crippen LogP contribution >= 0.6 is 11.3 Å². The van der Waals surface area contributed by atoms with Crippen LogP contribution in [-0.4, -0.2) is 14.3 Å². The van der Waals surface area contributed by atoms with Crippen molar-refractivity contribution in [2.75, 3.05) is 10.0 Å². The number of carbonyl (C=O) groups excluding carboxylic acids is 1. The maximum absolute atomic E-state index is 13.1. The van der Waals surface area contributed by atoms with E-state index in [0.29, 0.717) is 10.6 Å². The molecule has 0 atom stereocenters. The summed E-state index contributed by atoms with van der Waals surface area (Å²) >= 11 is 1.41. The summed E-state index contributed by atoms with van der Waals surface area (Å²) in [4.78, 5) is 13.7. The van der Waals surface area contributed by atoms with Crippen LogP contribution in [-0.2, 0) is 22.9 Å². The van der Waals surface area contributed by atoms with Crippen molar-refractivity contribution in [1.29, 1.82) is 5.26 Å². The van der Waals surface area contributed by atoms with Crippen LogP contribution in [0.3, 0.4) is 0 Å². The molecule has 1 aliphatic rings. The lowest BCUT2D eigenvalue weighted by atomic mass is 10.1. The van der Waals surface area contributed by atoms with Crippen molar-refractivity contribution in [3.63, 3.8) is 0 Å². The van der Waals surface area contributed by atoms with Gasteiger partial charge in [0.05, 0.1) is 10.5 Å². The molecule has 1 heterocycles. The second kappa shape index (κ2) is 7.89. The first-order valence-corrected chi connectivity index (χ1v) is 11.4. The molecule has 1 aliphatic carbocycles. The smallest absolute Gasteiger partial charge is 0.261 e. The first-order chi connectivity index (χ1) is 14.4. The average Bonchev–Trinajstić information content (AvgIpc) is 3.29. The van der Waals surface area contributed by atoms with E-state index in [-0.39, 0.29) is 16.1 Å². The third-order valence-electron chi connectivity index (χ3n) is 4.76. The van der Waals surface area contributed by atoms with Gasteiger partial charge in [0, 0.05) is 16.1 Å². The Balaban J connectivity index is 1.54. The highest BCUT2D eigenvalue weighted by Crippen LogP contribution is 2.38. The van der Waals surface area contributed by atoms with Crippen molar-refractivity contribution in [2.24, 2.45) is 0 Å². The second-order valence-electron chi connectivity index (χ2n) is 6.77. The number of nitriles is 1. The van der Waals surface area contributed by atoms with E-state index >= 15 is 0 Å². The van der Waals surface area contributed by atoms with E-state index in [4.69, 9.17) is 0 Å². The summed E-state index contributed by atoms with van der Waals surface area (Å²) in [5.74, 6) is -0.974. The normalized spacial score (nSPS) is 12.8. The molecule has 2 aromatic carbocycles. The molecule has 1 amide bonds. The Bertz CT molecular complexity index is 1280. The number of rotatable bonds is 5. The molecule has 0 fully saturated rings. The number of halogens is 1. The molecule has 1 aromatic heterocycles. The molecule has 4 rings (SSSR count). The summed E-state index contributed by atoms with van der Waals surface area (Å²) in [5, 5.41) is 12.7. The van der Waals surface area contributed by atoms with Crippen LogP contribution in [0.4, 0.5) is 15.1 Å². The van der Waals surface area contributed by atoms with Crippen LogP contribution in [0, 0.1) is 17.1 Å². The average molecular weight is 442 g/mol. The molecular weight excluding hydrogens is 425 g/mol. The van der Waals surface area contributed by atoms with Crippen LogP contribution in [0.15, 0.2) is 53.4 Å². The molecule has 0 radical (unpaired) electrons. The third-order valence-corrected chi connectivity index (χ3v) is 7.37. The summed E-state index contributed by atoms with van der Waals surface area (Å²) in [6.45, 7) is 0. The number of aryl methyl sites for hydroxylation is 1. The van der Waals surface area contributed by atoms with Gasteiger partial charge in [-0.3, -0.25) is 9.52 Å². The molecule has 30 heavy (non-hydrogen) atoms. The predicted molar refractivity (Wildman–Crippen MR) is 113 cm³/mol. The van der Waals surface area contributed by atoms with Crippen molar-refractivity contribution in [1.82, 2.24) is 0 Å². The summed E-state index contributed by atoms with van der Waals surface area (Å²) in [6, 6.07) is 12.6. The molecule has 9 heteroatoms. The number of nitrogens with zero attached hydrogens (tertiary/aromatic N) is 1. The highest BCUT2D eigenvalue weighted by atomic mass is 32.2. The van der Waals surface area contributed by atoms with Gasteiger partial charge in [-0.25, -0.2) is 12.8 Å². The summed E-state index contributed by atoms with van der Waals surface area (Å²) in [7, 11) is -3.93. The van der Waals surface area contributed by atoms with Crippen LogP contribution < -0.4 is 10.0 Å². The van der Waals surface area contributed by atoms with Crippen molar-refractivity contribution in [2.45, 2.75) is 24.2 Å². The Morgan fingerprint density at radius 3 is 2.63 bits per heavy atom. The van der Waals surface area contributed by atoms with E-state index in [1.54, 1.807) is 12.1 Å². The van der Waals surface area contributed by atoms with E-state index in [0.717, 1.165) is 54.0 Å². The fourth-order valence-electron chi connectivity index (χ4n) is 3.34. The van der Waals surface area contributed by atoms with Crippen LogP contribution in [0.25, 0.3) is 0 Å². The van der Waals surface area contributed by atoms with Crippen LogP contribution in [0.2, 0.25) is 0 Å². The highest BCUT2D eigenvalue weighted by molar-refractivity contribution is 7.92. The molecule has 0 unspecified atom stereocenters. The minimum absolute atomic E-state index is 0.0921. The fourth-order valence-corrected chi connectivity index (χ4v) is 5.62. The van der Waals surface area contributed by atoms with Gasteiger partial charge in [-0.05, 0) is 67.3 Å². The number of benzene rings is 2. The van der Waals surface area contributed by atoms with Crippen molar-refractivity contribution in [3.8, 4) is 6.07 Å². The van der Waals surface area contributed by atoms with Crippen molar-refractivity contribution < 1.29 is 17.6 Å². The van der Waals surface area contributed by atoms with Gasteiger partial charge in [0.15, 0.2) is 0 Å². The number of hydrogen-bond acceptors (Lipinski definition) is 5. The number of nitrogens with one attached hydrogen (secondary N) is 2. The standard InChI is InChI=1S/C21H16FN3O3S2/c22-14-7-9-16(10-8-14)30(27,28)25-15-4-1-3-13(11-15)20(26)24-21-18(12-23)17-5-2-6-19(17)29-21/h1,3-4,7-11,25H,2,5-6H2,(H,24,26). The van der Waals surface area contributed by atoms with Crippen LogP contribution in [0.5, 0.6) is 0 Å². The van der Waals surface area contributed by atoms with E-state index in [1.807, 2.05) is 0 Å². The number of amides is 1. The first-order valence-electron chi connectivity index (χ1n) is 9.12. The quantitative estimate of drug-likeness (QED) is 0.617. The van der Waals surface area contributed by atoms with Crippen molar-refractivity contribution in [3.05, 3.63) is 75.9 Å². The lowest BCUT2D eigenvalue weighted by Gasteiger charge is -2.10. The summed E-state index contributed by atoms with van der Waals surface area (Å²) in [5.41, 5.74) is 1.96. The minimum Gasteiger partial charge on any atom is -0.312 e. The van der Waals surface area contributed by atoms with Gasteiger partial charge in [-0.15, -0.1) is 11.3 Å². The molecule has 3 aromatic rings.